The van der Waals surface area contributed by atoms with E-state index in [1.165, 1.54) is 0 Å². The van der Waals surface area contributed by atoms with E-state index in [0.29, 0.717) is 6.07 Å². The third kappa shape index (κ3) is 3.98. The number of rotatable bonds is 4. The van der Waals surface area contributed by atoms with Crippen LogP contribution in [0.1, 0.15) is 10.4 Å². The van der Waals surface area contributed by atoms with Crippen molar-refractivity contribution in [1.82, 2.24) is 0 Å². The number of hydrogen-bond acceptors (Lipinski definition) is 2. The van der Waals surface area contributed by atoms with E-state index in [1.807, 2.05) is 0 Å². The fourth-order valence-electron chi connectivity index (χ4n) is 1.89. The second-order valence-electron chi connectivity index (χ2n) is 4.67. The number of carboxylic acids is 1. The topological polar surface area (TPSA) is 46.5 Å². The molecule has 3 nitrogen and oxygen atoms in total. The smallest absolute Gasteiger partial charge is 0.422 e. The van der Waals surface area contributed by atoms with Crippen molar-refractivity contribution in [1.29, 1.82) is 0 Å². The van der Waals surface area contributed by atoms with E-state index in [4.69, 9.17) is 5.11 Å². The number of benzene rings is 2. The Morgan fingerprint density at radius 1 is 1.00 bits per heavy atom. The Morgan fingerprint density at radius 3 is 2.21 bits per heavy atom. The summed E-state index contributed by atoms with van der Waals surface area (Å²) in [6.45, 7) is -1.72. The van der Waals surface area contributed by atoms with Gasteiger partial charge in [-0.1, -0.05) is 6.07 Å². The molecular formula is C15H8F6O3. The summed E-state index contributed by atoms with van der Waals surface area (Å²) in [6.07, 6.45) is -4.68. The lowest BCUT2D eigenvalue weighted by Gasteiger charge is -2.13. The molecule has 0 radical (unpaired) electrons. The summed E-state index contributed by atoms with van der Waals surface area (Å²) in [6, 6.07) is 3.52. The molecule has 0 aliphatic carbocycles. The normalized spacial score (nSPS) is 11.4. The first-order valence-corrected chi connectivity index (χ1v) is 6.30. The van der Waals surface area contributed by atoms with Gasteiger partial charge in [0.2, 0.25) is 0 Å². The second-order valence-corrected chi connectivity index (χ2v) is 4.67. The van der Waals surface area contributed by atoms with Crippen LogP contribution in [-0.4, -0.2) is 23.9 Å². The molecule has 9 heteroatoms. The molecule has 0 amide bonds. The molecule has 0 aromatic heterocycles. The average molecular weight is 350 g/mol. The molecule has 24 heavy (non-hydrogen) atoms. The van der Waals surface area contributed by atoms with Gasteiger partial charge in [-0.25, -0.2) is 18.0 Å². The van der Waals surface area contributed by atoms with Crippen LogP contribution in [0, 0.1) is 17.5 Å². The fraction of sp³-hybridized carbons (Fsp3) is 0.133. The van der Waals surface area contributed by atoms with Crippen LogP contribution in [0.3, 0.4) is 0 Å². The molecule has 0 spiro atoms. The van der Waals surface area contributed by atoms with E-state index in [0.717, 1.165) is 18.2 Å². The Kier molecular flexibility index (Phi) is 4.72. The third-order valence-electron chi connectivity index (χ3n) is 2.92. The Labute approximate surface area is 131 Å². The molecule has 0 heterocycles. The summed E-state index contributed by atoms with van der Waals surface area (Å²) >= 11 is 0. The molecule has 2 aromatic rings. The Bertz CT molecular complexity index is 786. The van der Waals surface area contributed by atoms with Crippen LogP contribution < -0.4 is 4.74 Å². The van der Waals surface area contributed by atoms with Crippen molar-refractivity contribution >= 4 is 5.97 Å². The van der Waals surface area contributed by atoms with Crippen molar-refractivity contribution in [3.05, 3.63) is 53.3 Å². The van der Waals surface area contributed by atoms with Gasteiger partial charge in [-0.05, 0) is 23.8 Å². The number of aromatic carboxylic acids is 1. The molecule has 2 aromatic carbocycles. The standard InChI is InChI=1S/C15H8F6O3/c16-10-5-12(18)11(17)4-8(10)7-1-2-13(9(3-7)14(22)23)24-6-15(19,20)21/h1-5H,6H2,(H,22,23). The number of ether oxygens (including phenoxy) is 1. The molecule has 1 N–H and O–H groups in total. The molecule has 0 aliphatic rings. The van der Waals surface area contributed by atoms with E-state index >= 15 is 0 Å². The van der Waals surface area contributed by atoms with Gasteiger partial charge in [0.1, 0.15) is 17.1 Å². The Hall–Kier alpha value is -2.71. The molecule has 0 saturated heterocycles. The summed E-state index contributed by atoms with van der Waals surface area (Å²) in [4.78, 5) is 11.1. The van der Waals surface area contributed by atoms with E-state index in [9.17, 15) is 31.1 Å². The SMILES string of the molecule is O=C(O)c1cc(-c2cc(F)c(F)cc2F)ccc1OCC(F)(F)F. The molecule has 0 unspecified atom stereocenters. The summed E-state index contributed by atoms with van der Waals surface area (Å²) in [7, 11) is 0. The molecule has 0 fully saturated rings. The zero-order chi connectivity index (χ0) is 18.1. The van der Waals surface area contributed by atoms with Crippen molar-refractivity contribution < 1.29 is 41.0 Å². The molecule has 128 valence electrons. The summed E-state index contributed by atoms with van der Waals surface area (Å²) in [5, 5.41) is 9.05. The largest absolute Gasteiger partial charge is 0.483 e. The highest BCUT2D eigenvalue weighted by molar-refractivity contribution is 5.92. The average Bonchev–Trinajstić information content (AvgIpc) is 2.48. The highest BCUT2D eigenvalue weighted by atomic mass is 19.4. The Balaban J connectivity index is 2.46. The second kappa shape index (κ2) is 6.42. The van der Waals surface area contributed by atoms with E-state index in [2.05, 4.69) is 4.74 Å². The van der Waals surface area contributed by atoms with Gasteiger partial charge in [0.25, 0.3) is 0 Å². The summed E-state index contributed by atoms with van der Waals surface area (Å²) in [5.41, 5.74) is -1.29. The van der Waals surface area contributed by atoms with Crippen LogP contribution in [0.4, 0.5) is 26.3 Å². The van der Waals surface area contributed by atoms with Crippen LogP contribution in [0.25, 0.3) is 11.1 Å². The predicted octanol–water partition coefficient (Wildman–Crippen LogP) is 4.41. The highest BCUT2D eigenvalue weighted by Gasteiger charge is 2.29. The molecule has 2 rings (SSSR count). The van der Waals surface area contributed by atoms with Gasteiger partial charge in [-0.15, -0.1) is 0 Å². The van der Waals surface area contributed by atoms with Gasteiger partial charge >= 0.3 is 12.1 Å². The van der Waals surface area contributed by atoms with Crippen LogP contribution in [0.5, 0.6) is 5.75 Å². The molecule has 0 atom stereocenters. The van der Waals surface area contributed by atoms with Gasteiger partial charge in [0.05, 0.1) is 0 Å². The first-order chi connectivity index (χ1) is 11.1. The minimum Gasteiger partial charge on any atom is -0.483 e. The maximum Gasteiger partial charge on any atom is 0.422 e. The zero-order valence-electron chi connectivity index (χ0n) is 11.6. The number of hydrogen-bond donors (Lipinski definition) is 1. The minimum atomic E-state index is -4.68. The molecule has 0 bridgehead atoms. The van der Waals surface area contributed by atoms with Crippen LogP contribution in [-0.2, 0) is 0 Å². The number of carbonyl (C=O) groups is 1. The molecular weight excluding hydrogens is 342 g/mol. The van der Waals surface area contributed by atoms with Crippen molar-refractivity contribution in [2.45, 2.75) is 6.18 Å². The van der Waals surface area contributed by atoms with Crippen LogP contribution in [0.15, 0.2) is 30.3 Å². The van der Waals surface area contributed by atoms with Crippen LogP contribution >= 0.6 is 0 Å². The zero-order valence-corrected chi connectivity index (χ0v) is 11.6. The van der Waals surface area contributed by atoms with Gasteiger partial charge in [-0.2, -0.15) is 13.2 Å². The quantitative estimate of drug-likeness (QED) is 0.656. The maximum absolute atomic E-state index is 13.7. The lowest BCUT2D eigenvalue weighted by Crippen LogP contribution is -2.20. The molecule has 0 aliphatic heterocycles. The first-order valence-electron chi connectivity index (χ1n) is 6.30. The number of alkyl halides is 3. The van der Waals surface area contributed by atoms with Gasteiger partial charge in [-0.3, -0.25) is 0 Å². The minimum absolute atomic E-state index is 0.164. The van der Waals surface area contributed by atoms with Crippen molar-refractivity contribution in [2.24, 2.45) is 0 Å². The van der Waals surface area contributed by atoms with Crippen LogP contribution in [0.2, 0.25) is 0 Å². The van der Waals surface area contributed by atoms with E-state index < -0.39 is 53.1 Å². The Morgan fingerprint density at radius 2 is 1.62 bits per heavy atom. The third-order valence-corrected chi connectivity index (χ3v) is 2.92. The molecule has 0 saturated carbocycles. The fourth-order valence-corrected chi connectivity index (χ4v) is 1.89. The maximum atomic E-state index is 13.7. The van der Waals surface area contributed by atoms with E-state index in [1.54, 1.807) is 0 Å². The van der Waals surface area contributed by atoms with Crippen molar-refractivity contribution in [3.63, 3.8) is 0 Å². The van der Waals surface area contributed by atoms with Crippen molar-refractivity contribution in [3.8, 4) is 16.9 Å². The first kappa shape index (κ1) is 17.6. The monoisotopic (exact) mass is 350 g/mol. The lowest BCUT2D eigenvalue weighted by atomic mass is 10.0. The number of carboxylic acid groups (broad SMARTS) is 1. The summed E-state index contributed by atoms with van der Waals surface area (Å²) in [5.74, 6) is -6.17. The van der Waals surface area contributed by atoms with E-state index in [-0.39, 0.29) is 11.6 Å². The highest BCUT2D eigenvalue weighted by Crippen LogP contribution is 2.30. The predicted molar refractivity (Wildman–Crippen MR) is 70.3 cm³/mol. The number of halogens is 6. The van der Waals surface area contributed by atoms with Crippen molar-refractivity contribution in [2.75, 3.05) is 6.61 Å². The lowest BCUT2D eigenvalue weighted by molar-refractivity contribution is -0.153. The summed E-state index contributed by atoms with van der Waals surface area (Å²) < 4.78 is 80.7. The van der Waals surface area contributed by atoms with Gasteiger partial charge in [0.15, 0.2) is 18.2 Å². The van der Waals surface area contributed by atoms with Gasteiger partial charge < -0.3 is 9.84 Å². The van der Waals surface area contributed by atoms with Gasteiger partial charge in [0, 0.05) is 11.6 Å².